The van der Waals surface area contributed by atoms with Crippen LogP contribution in [0.15, 0.2) is 4.79 Å². The highest BCUT2D eigenvalue weighted by atomic mass is 16.1. The van der Waals surface area contributed by atoms with Crippen LogP contribution in [0.4, 0.5) is 0 Å². The number of hydrogen-bond donors (Lipinski definition) is 1. The number of hydrogen-bond acceptors (Lipinski definition) is 3. The molecule has 1 aromatic heterocycles. The topological polar surface area (TPSA) is 49.0 Å². The lowest BCUT2D eigenvalue weighted by molar-refractivity contribution is 0.262. The van der Waals surface area contributed by atoms with E-state index < -0.39 is 0 Å². The minimum atomic E-state index is 0.0985. The van der Waals surface area contributed by atoms with Crippen LogP contribution in [0.1, 0.15) is 36.8 Å². The normalized spacial score (nSPS) is 20.3. The SMILES string of the molecule is CCN1CCc2c(nc(CC3CC3)[nH]c2=O)C1. The Balaban J connectivity index is 1.90. The van der Waals surface area contributed by atoms with Crippen molar-refractivity contribution in [2.45, 2.75) is 39.2 Å². The third-order valence-electron chi connectivity index (χ3n) is 3.83. The summed E-state index contributed by atoms with van der Waals surface area (Å²) >= 11 is 0. The van der Waals surface area contributed by atoms with Crippen molar-refractivity contribution in [1.82, 2.24) is 14.9 Å². The number of aromatic nitrogens is 2. The highest BCUT2D eigenvalue weighted by Gasteiger charge is 2.25. The first kappa shape index (κ1) is 11.0. The molecule has 0 bridgehead atoms. The van der Waals surface area contributed by atoms with E-state index in [1.807, 2.05) is 0 Å². The predicted octanol–water partition coefficient (Wildman–Crippen LogP) is 1.10. The van der Waals surface area contributed by atoms with E-state index in [9.17, 15) is 4.79 Å². The number of H-pyrrole nitrogens is 1. The average Bonchev–Trinajstić information content (AvgIpc) is 3.12. The minimum absolute atomic E-state index is 0.0985. The maximum atomic E-state index is 12.0. The predicted molar refractivity (Wildman–Crippen MR) is 65.9 cm³/mol. The van der Waals surface area contributed by atoms with Gasteiger partial charge in [-0.15, -0.1) is 0 Å². The van der Waals surface area contributed by atoms with Gasteiger partial charge in [-0.3, -0.25) is 9.69 Å². The fraction of sp³-hybridized carbons (Fsp3) is 0.692. The summed E-state index contributed by atoms with van der Waals surface area (Å²) in [4.78, 5) is 21.9. The zero-order chi connectivity index (χ0) is 11.8. The van der Waals surface area contributed by atoms with Crippen molar-refractivity contribution in [3.05, 3.63) is 27.4 Å². The van der Waals surface area contributed by atoms with Crippen LogP contribution in [-0.2, 0) is 19.4 Å². The molecule has 0 spiro atoms. The highest BCUT2D eigenvalue weighted by molar-refractivity contribution is 5.21. The molecular formula is C13H19N3O. The van der Waals surface area contributed by atoms with E-state index in [0.29, 0.717) is 0 Å². The molecule has 0 unspecified atom stereocenters. The number of likely N-dealkylation sites (N-methyl/N-ethyl adjacent to an activating group) is 1. The number of aromatic amines is 1. The Kier molecular flexibility index (Phi) is 2.74. The molecule has 1 N–H and O–H groups in total. The van der Waals surface area contributed by atoms with Gasteiger partial charge in [0.2, 0.25) is 0 Å². The molecule has 4 nitrogen and oxygen atoms in total. The number of nitrogens with zero attached hydrogens (tertiary/aromatic N) is 2. The molecule has 0 amide bonds. The molecule has 2 heterocycles. The van der Waals surface area contributed by atoms with Crippen LogP contribution in [0.5, 0.6) is 0 Å². The minimum Gasteiger partial charge on any atom is -0.310 e. The van der Waals surface area contributed by atoms with Crippen LogP contribution in [0.2, 0.25) is 0 Å². The first-order valence-corrected chi connectivity index (χ1v) is 6.59. The van der Waals surface area contributed by atoms with E-state index in [4.69, 9.17) is 0 Å². The monoisotopic (exact) mass is 233 g/mol. The molecule has 1 aromatic rings. The van der Waals surface area contributed by atoms with E-state index in [2.05, 4.69) is 21.8 Å². The largest absolute Gasteiger partial charge is 0.310 e. The Labute approximate surface area is 101 Å². The molecule has 1 aliphatic carbocycles. The summed E-state index contributed by atoms with van der Waals surface area (Å²) in [5.41, 5.74) is 2.02. The Morgan fingerprint density at radius 2 is 2.29 bits per heavy atom. The fourth-order valence-corrected chi connectivity index (χ4v) is 2.51. The van der Waals surface area contributed by atoms with Gasteiger partial charge < -0.3 is 4.98 Å². The molecule has 4 heteroatoms. The quantitative estimate of drug-likeness (QED) is 0.850. The van der Waals surface area contributed by atoms with E-state index in [-0.39, 0.29) is 5.56 Å². The second kappa shape index (κ2) is 4.26. The molecule has 17 heavy (non-hydrogen) atoms. The smallest absolute Gasteiger partial charge is 0.254 e. The molecule has 1 fully saturated rings. The number of fused-ring (bicyclic) bond motifs is 1. The van der Waals surface area contributed by atoms with E-state index in [1.54, 1.807) is 0 Å². The Hall–Kier alpha value is -1.16. The summed E-state index contributed by atoms with van der Waals surface area (Å²) in [7, 11) is 0. The molecule has 2 aliphatic rings. The van der Waals surface area contributed by atoms with Crippen LogP contribution >= 0.6 is 0 Å². The first-order chi connectivity index (χ1) is 8.26. The number of rotatable bonds is 3. The molecule has 0 radical (unpaired) electrons. The molecular weight excluding hydrogens is 214 g/mol. The fourth-order valence-electron chi connectivity index (χ4n) is 2.51. The summed E-state index contributed by atoms with van der Waals surface area (Å²) in [6.45, 7) is 5.01. The summed E-state index contributed by atoms with van der Waals surface area (Å²) in [6, 6.07) is 0. The Morgan fingerprint density at radius 1 is 1.47 bits per heavy atom. The lowest BCUT2D eigenvalue weighted by Crippen LogP contribution is -2.35. The van der Waals surface area contributed by atoms with Crippen LogP contribution < -0.4 is 5.56 Å². The average molecular weight is 233 g/mol. The van der Waals surface area contributed by atoms with E-state index in [1.165, 1.54) is 12.8 Å². The van der Waals surface area contributed by atoms with Gasteiger partial charge in [-0.05, 0) is 31.7 Å². The maximum absolute atomic E-state index is 12.0. The third kappa shape index (κ3) is 2.27. The van der Waals surface area contributed by atoms with Crippen molar-refractivity contribution in [1.29, 1.82) is 0 Å². The maximum Gasteiger partial charge on any atom is 0.254 e. The van der Waals surface area contributed by atoms with Gasteiger partial charge in [-0.2, -0.15) is 0 Å². The first-order valence-electron chi connectivity index (χ1n) is 6.59. The standard InChI is InChI=1S/C13H19N3O/c1-2-16-6-5-10-11(8-16)14-12(15-13(10)17)7-9-3-4-9/h9H,2-8H2,1H3,(H,14,15,17). The second-order valence-corrected chi connectivity index (χ2v) is 5.20. The lowest BCUT2D eigenvalue weighted by atomic mass is 10.1. The van der Waals surface area contributed by atoms with Crippen molar-refractivity contribution in [3.8, 4) is 0 Å². The summed E-state index contributed by atoms with van der Waals surface area (Å²) < 4.78 is 0. The summed E-state index contributed by atoms with van der Waals surface area (Å²) in [5, 5.41) is 0. The van der Waals surface area contributed by atoms with Crippen LogP contribution in [0, 0.1) is 5.92 Å². The van der Waals surface area contributed by atoms with E-state index in [0.717, 1.165) is 55.5 Å². The van der Waals surface area contributed by atoms with Gasteiger partial charge in [0, 0.05) is 25.1 Å². The van der Waals surface area contributed by atoms with Crippen LogP contribution in [-0.4, -0.2) is 28.0 Å². The summed E-state index contributed by atoms with van der Waals surface area (Å²) in [5.74, 6) is 1.66. The molecule has 0 aromatic carbocycles. The van der Waals surface area contributed by atoms with Gasteiger partial charge >= 0.3 is 0 Å². The van der Waals surface area contributed by atoms with Gasteiger partial charge in [-0.1, -0.05) is 6.92 Å². The Bertz CT molecular complexity index is 476. The molecule has 0 saturated heterocycles. The summed E-state index contributed by atoms with van der Waals surface area (Å²) in [6.07, 6.45) is 4.38. The molecule has 0 atom stereocenters. The second-order valence-electron chi connectivity index (χ2n) is 5.20. The van der Waals surface area contributed by atoms with Gasteiger partial charge in [-0.25, -0.2) is 4.98 Å². The van der Waals surface area contributed by atoms with Gasteiger partial charge in [0.25, 0.3) is 5.56 Å². The molecule has 3 rings (SSSR count). The lowest BCUT2D eigenvalue weighted by Gasteiger charge is -2.26. The van der Waals surface area contributed by atoms with E-state index >= 15 is 0 Å². The van der Waals surface area contributed by atoms with Crippen LogP contribution in [0.25, 0.3) is 0 Å². The number of nitrogens with one attached hydrogen (secondary N) is 1. The highest BCUT2D eigenvalue weighted by Crippen LogP contribution is 2.31. The van der Waals surface area contributed by atoms with Crippen molar-refractivity contribution >= 4 is 0 Å². The van der Waals surface area contributed by atoms with Crippen molar-refractivity contribution in [2.24, 2.45) is 5.92 Å². The van der Waals surface area contributed by atoms with Gasteiger partial charge in [0.1, 0.15) is 5.82 Å². The molecule has 1 saturated carbocycles. The zero-order valence-corrected chi connectivity index (χ0v) is 10.3. The van der Waals surface area contributed by atoms with Crippen molar-refractivity contribution in [3.63, 3.8) is 0 Å². The van der Waals surface area contributed by atoms with Crippen molar-refractivity contribution in [2.75, 3.05) is 13.1 Å². The third-order valence-corrected chi connectivity index (χ3v) is 3.83. The van der Waals surface area contributed by atoms with Crippen LogP contribution in [0.3, 0.4) is 0 Å². The van der Waals surface area contributed by atoms with Crippen molar-refractivity contribution < 1.29 is 0 Å². The zero-order valence-electron chi connectivity index (χ0n) is 10.3. The molecule has 1 aliphatic heterocycles. The molecule has 92 valence electrons. The van der Waals surface area contributed by atoms with Gasteiger partial charge in [0.05, 0.1) is 5.69 Å². The Morgan fingerprint density at radius 3 is 3.00 bits per heavy atom. The van der Waals surface area contributed by atoms with Gasteiger partial charge in [0.15, 0.2) is 0 Å².